The lowest BCUT2D eigenvalue weighted by atomic mass is 9.76. The van der Waals surface area contributed by atoms with Gasteiger partial charge in [0.1, 0.15) is 5.82 Å². The van der Waals surface area contributed by atoms with Crippen molar-refractivity contribution in [2.24, 2.45) is 11.8 Å². The first-order valence-electron chi connectivity index (χ1n) is 10.2. The topological polar surface area (TPSA) is 74.8 Å². The van der Waals surface area contributed by atoms with Crippen LogP contribution in [0, 0.1) is 17.7 Å². The minimum absolute atomic E-state index is 0.144. The lowest BCUT2D eigenvalue weighted by Gasteiger charge is -2.35. The predicted molar refractivity (Wildman–Crippen MR) is 108 cm³/mol. The van der Waals surface area contributed by atoms with E-state index in [-0.39, 0.29) is 16.8 Å². The monoisotopic (exact) mass is 438 g/mol. The molecule has 0 bridgehead atoms. The van der Waals surface area contributed by atoms with Gasteiger partial charge in [0.25, 0.3) is 0 Å². The van der Waals surface area contributed by atoms with Crippen molar-refractivity contribution in [1.29, 1.82) is 0 Å². The van der Waals surface area contributed by atoms with E-state index in [4.69, 9.17) is 11.6 Å². The van der Waals surface area contributed by atoms with Crippen LogP contribution < -0.4 is 4.90 Å². The molecule has 31 heavy (non-hydrogen) atoms. The van der Waals surface area contributed by atoms with Gasteiger partial charge in [-0.2, -0.15) is 0 Å². The van der Waals surface area contributed by atoms with E-state index >= 15 is 0 Å². The molecule has 8 heteroatoms. The summed E-state index contributed by atoms with van der Waals surface area (Å²) in [7, 11) is 0. The molecule has 1 spiro atoms. The molecule has 2 aromatic rings. The predicted octanol–water partition coefficient (Wildman–Crippen LogP) is 2.88. The third-order valence-corrected chi connectivity index (χ3v) is 7.53. The fourth-order valence-electron chi connectivity index (χ4n) is 6.12. The van der Waals surface area contributed by atoms with Crippen molar-refractivity contribution in [2.75, 3.05) is 11.4 Å². The third-order valence-electron chi connectivity index (χ3n) is 7.24. The summed E-state index contributed by atoms with van der Waals surface area (Å²) in [5.41, 5.74) is -0.962. The summed E-state index contributed by atoms with van der Waals surface area (Å²) in [5, 5.41) is -0.215. The number of rotatable bonds is 1. The second kappa shape index (κ2) is 6.08. The number of hydrogen-bond acceptors (Lipinski definition) is 5. The van der Waals surface area contributed by atoms with Crippen molar-refractivity contribution in [3.63, 3.8) is 0 Å². The van der Waals surface area contributed by atoms with Crippen LogP contribution in [-0.2, 0) is 9.59 Å². The van der Waals surface area contributed by atoms with Gasteiger partial charge in [0.2, 0.25) is 11.8 Å². The van der Waals surface area contributed by atoms with Gasteiger partial charge >= 0.3 is 0 Å². The molecule has 3 aliphatic heterocycles. The summed E-state index contributed by atoms with van der Waals surface area (Å²) >= 11 is 5.88. The van der Waals surface area contributed by atoms with Crippen LogP contribution in [0.2, 0.25) is 5.02 Å². The molecule has 2 amide bonds. The van der Waals surface area contributed by atoms with Crippen molar-refractivity contribution in [3.8, 4) is 0 Å². The first-order chi connectivity index (χ1) is 14.9. The van der Waals surface area contributed by atoms with Crippen LogP contribution in [0.1, 0.15) is 33.6 Å². The van der Waals surface area contributed by atoms with Gasteiger partial charge < -0.3 is 0 Å². The van der Waals surface area contributed by atoms with Gasteiger partial charge in [0, 0.05) is 17.2 Å². The van der Waals surface area contributed by atoms with E-state index in [0.29, 0.717) is 24.1 Å². The maximum Gasteiger partial charge on any atom is 0.240 e. The zero-order chi connectivity index (χ0) is 21.7. The highest BCUT2D eigenvalue weighted by Gasteiger charge is 2.76. The van der Waals surface area contributed by atoms with E-state index in [1.807, 2.05) is 0 Å². The molecule has 3 heterocycles. The van der Waals surface area contributed by atoms with Gasteiger partial charge in [-0.15, -0.1) is 0 Å². The Morgan fingerprint density at radius 1 is 0.968 bits per heavy atom. The van der Waals surface area contributed by atoms with Crippen LogP contribution in [-0.4, -0.2) is 46.4 Å². The van der Waals surface area contributed by atoms with E-state index in [9.17, 15) is 23.6 Å². The molecule has 1 aliphatic carbocycles. The molecule has 4 aliphatic rings. The smallest absolute Gasteiger partial charge is 0.240 e. The molecule has 0 unspecified atom stereocenters. The number of imide groups is 1. The maximum atomic E-state index is 13.7. The Kier molecular flexibility index (Phi) is 3.69. The highest BCUT2D eigenvalue weighted by Crippen LogP contribution is 2.57. The number of fused-ring (bicyclic) bond motifs is 6. The maximum absolute atomic E-state index is 13.7. The Bertz CT molecular complexity index is 1190. The number of benzene rings is 2. The molecule has 3 saturated heterocycles. The number of amides is 2. The average molecular weight is 439 g/mol. The van der Waals surface area contributed by atoms with Crippen LogP contribution in [0.15, 0.2) is 42.5 Å². The van der Waals surface area contributed by atoms with Crippen molar-refractivity contribution in [1.82, 2.24) is 4.90 Å². The van der Waals surface area contributed by atoms with Gasteiger partial charge in [-0.05, 0) is 37.6 Å². The Labute approximate surface area is 181 Å². The number of carbonyl (C=O) groups excluding carboxylic acids is 4. The lowest BCUT2D eigenvalue weighted by Crippen LogP contribution is -2.59. The zero-order valence-corrected chi connectivity index (χ0v) is 16.9. The molecule has 6 rings (SSSR count). The molecule has 6 nitrogen and oxygen atoms in total. The van der Waals surface area contributed by atoms with Crippen LogP contribution in [0.5, 0.6) is 0 Å². The van der Waals surface area contributed by atoms with Crippen LogP contribution in [0.3, 0.4) is 0 Å². The Balaban J connectivity index is 1.54. The fourth-order valence-corrected chi connectivity index (χ4v) is 6.29. The molecule has 3 fully saturated rings. The second-order valence-electron chi connectivity index (χ2n) is 8.49. The van der Waals surface area contributed by atoms with Crippen molar-refractivity contribution in [2.45, 2.75) is 24.4 Å². The molecular formula is C23H16ClFN2O4. The first kappa shape index (κ1) is 18.8. The summed E-state index contributed by atoms with van der Waals surface area (Å²) in [4.78, 5) is 57.3. The Morgan fingerprint density at radius 3 is 2.29 bits per heavy atom. The number of Topliss-reactive ketones (excluding diaryl/α,β-unsaturated/α-hetero) is 2. The van der Waals surface area contributed by atoms with Crippen molar-refractivity contribution >= 4 is 40.7 Å². The van der Waals surface area contributed by atoms with Gasteiger partial charge in [0.05, 0.1) is 22.5 Å². The van der Waals surface area contributed by atoms with E-state index in [1.54, 1.807) is 29.2 Å². The minimum Gasteiger partial charge on any atom is -0.291 e. The van der Waals surface area contributed by atoms with E-state index < -0.39 is 46.6 Å². The molecule has 2 aromatic carbocycles. The number of hydrogen-bond donors (Lipinski definition) is 0. The fraction of sp³-hybridized carbons (Fsp3) is 0.304. The second-order valence-corrected chi connectivity index (χ2v) is 8.89. The van der Waals surface area contributed by atoms with Crippen molar-refractivity contribution in [3.05, 3.63) is 64.4 Å². The largest absolute Gasteiger partial charge is 0.291 e. The van der Waals surface area contributed by atoms with Crippen LogP contribution >= 0.6 is 11.6 Å². The summed E-state index contributed by atoms with van der Waals surface area (Å²) in [6.07, 6.45) is 1.35. The highest BCUT2D eigenvalue weighted by atomic mass is 35.5. The third kappa shape index (κ3) is 2.06. The molecule has 3 atom stereocenters. The highest BCUT2D eigenvalue weighted by molar-refractivity contribution is 6.38. The van der Waals surface area contributed by atoms with Gasteiger partial charge in [0.15, 0.2) is 17.1 Å². The summed E-state index contributed by atoms with van der Waals surface area (Å²) in [5.74, 6) is -4.48. The van der Waals surface area contributed by atoms with E-state index in [2.05, 4.69) is 0 Å². The average Bonchev–Trinajstić information content (AvgIpc) is 3.45. The van der Waals surface area contributed by atoms with Crippen LogP contribution in [0.4, 0.5) is 10.1 Å². The molecular weight excluding hydrogens is 423 g/mol. The number of halogens is 2. The van der Waals surface area contributed by atoms with Crippen LogP contribution in [0.25, 0.3) is 0 Å². The molecule has 0 N–H and O–H groups in total. The standard InChI is InChI=1S/C23H16ClFN2O4/c24-14-10-11(7-8-15(14)25)27-21(30)17-16-6-3-9-26(16)23(18(17)22(27)31)19(28)12-4-1-2-5-13(12)20(23)29/h1-2,4-5,7-8,10,16-18H,3,6,9H2/t16-,17+,18-/m1/s1. The lowest BCUT2D eigenvalue weighted by molar-refractivity contribution is -0.124. The number of ketones is 2. The SMILES string of the molecule is O=C1[C@H]2[C@H]3CCCN3C3(C(=O)c4ccccc4C3=O)[C@H]2C(=O)N1c1ccc(F)c(Cl)c1. The van der Waals surface area contributed by atoms with Gasteiger partial charge in [-0.1, -0.05) is 35.9 Å². The molecule has 0 aromatic heterocycles. The Hall–Kier alpha value is -2.90. The molecule has 156 valence electrons. The summed E-state index contributed by atoms with van der Waals surface area (Å²) in [6.45, 7) is 0.478. The first-order valence-corrected chi connectivity index (χ1v) is 10.5. The van der Waals surface area contributed by atoms with E-state index in [1.165, 1.54) is 12.1 Å². The van der Waals surface area contributed by atoms with Gasteiger partial charge in [-0.25, -0.2) is 9.29 Å². The normalized spacial score (nSPS) is 28.6. The van der Waals surface area contributed by atoms with Gasteiger partial charge in [-0.3, -0.25) is 24.1 Å². The minimum atomic E-state index is -1.69. The number of carbonyl (C=O) groups is 4. The number of anilines is 1. The molecule has 0 radical (unpaired) electrons. The number of nitrogens with zero attached hydrogens (tertiary/aromatic N) is 2. The summed E-state index contributed by atoms with van der Waals surface area (Å²) in [6, 6.07) is 9.82. The molecule has 0 saturated carbocycles. The van der Waals surface area contributed by atoms with Crippen molar-refractivity contribution < 1.29 is 23.6 Å². The Morgan fingerprint density at radius 2 is 1.65 bits per heavy atom. The summed E-state index contributed by atoms with van der Waals surface area (Å²) < 4.78 is 13.7. The quantitative estimate of drug-likeness (QED) is 0.505. The zero-order valence-electron chi connectivity index (χ0n) is 16.2. The van der Waals surface area contributed by atoms with E-state index in [0.717, 1.165) is 17.4 Å².